The van der Waals surface area contributed by atoms with Gasteiger partial charge in [0.15, 0.2) is 5.52 Å². The quantitative estimate of drug-likeness (QED) is 0.523. The van der Waals surface area contributed by atoms with E-state index in [1.807, 2.05) is 6.07 Å². The minimum absolute atomic E-state index is 0. The Morgan fingerprint density at radius 1 is 0.731 bits per heavy atom. The number of carbonyl (C=O) groups is 1. The second kappa shape index (κ2) is 10.3. The summed E-state index contributed by atoms with van der Waals surface area (Å²) in [5.74, 6) is 2.62. The van der Waals surface area contributed by atoms with Crippen LogP contribution in [0, 0.1) is 0 Å². The maximum absolute atomic E-state index is 12.9. The van der Waals surface area contributed by atoms with Crippen molar-refractivity contribution < 1.29 is 28.5 Å². The van der Waals surface area contributed by atoms with Gasteiger partial charge in [0.2, 0.25) is 0 Å². The molecule has 2 aromatic carbocycles. The number of methoxy groups -OCH3 is 5. The molecule has 8 heteroatoms. The predicted molar refractivity (Wildman–Crippen MR) is 105 cm³/mol. The molecule has 0 aliphatic carbocycles. The van der Waals surface area contributed by atoms with Crippen molar-refractivity contribution in [1.82, 2.24) is 0 Å². The van der Waals surface area contributed by atoms with Crippen LogP contribution in [0.5, 0.6) is 28.7 Å². The molecule has 1 atom stereocenters. The Kier molecular flexibility index (Phi) is 8.81. The van der Waals surface area contributed by atoms with Gasteiger partial charge in [-0.1, -0.05) is 0 Å². The molecule has 1 unspecified atom stereocenters. The first kappa shape index (κ1) is 22.2. The summed E-state index contributed by atoms with van der Waals surface area (Å²) in [5.41, 5.74) is 0.252. The predicted octanol–water partition coefficient (Wildman–Crippen LogP) is 2.23. The van der Waals surface area contributed by atoms with Crippen LogP contribution in [0.25, 0.3) is 0 Å². The molecule has 6 nitrogen and oxygen atoms in total. The summed E-state index contributed by atoms with van der Waals surface area (Å²) in [6.07, 6.45) is 0. The zero-order chi connectivity index (χ0) is 18.4. The van der Waals surface area contributed by atoms with Crippen LogP contribution >= 0.6 is 8.58 Å². The molecule has 0 fully saturated rings. The van der Waals surface area contributed by atoms with E-state index in [0.717, 1.165) is 5.30 Å². The molecule has 0 spiro atoms. The molecule has 0 heterocycles. The molecule has 0 bridgehead atoms. The van der Waals surface area contributed by atoms with Crippen molar-refractivity contribution in [3.63, 3.8) is 0 Å². The first-order valence-electron chi connectivity index (χ1n) is 7.41. The Morgan fingerprint density at radius 3 is 1.69 bits per heavy atom. The Balaban J connectivity index is 0.00000338. The molecular formula is C18H22LiO6P. The van der Waals surface area contributed by atoms with Crippen molar-refractivity contribution in [2.75, 3.05) is 35.5 Å². The van der Waals surface area contributed by atoms with Crippen molar-refractivity contribution >= 4 is 38.3 Å². The monoisotopic (exact) mass is 372 g/mol. The van der Waals surface area contributed by atoms with Gasteiger partial charge in [-0.2, -0.15) is 0 Å². The van der Waals surface area contributed by atoms with E-state index in [-0.39, 0.29) is 33.0 Å². The van der Waals surface area contributed by atoms with Gasteiger partial charge >= 0.3 is 18.9 Å². The van der Waals surface area contributed by atoms with Gasteiger partial charge < -0.3 is 23.7 Å². The molecule has 0 saturated heterocycles. The molecule has 0 amide bonds. The van der Waals surface area contributed by atoms with Crippen molar-refractivity contribution in [1.29, 1.82) is 0 Å². The molecule has 136 valence electrons. The third-order valence-electron chi connectivity index (χ3n) is 3.60. The number of rotatable bonds is 8. The van der Waals surface area contributed by atoms with Gasteiger partial charge in [0.05, 0.1) is 35.5 Å². The number of benzene rings is 2. The van der Waals surface area contributed by atoms with Crippen LogP contribution in [-0.2, 0) is 0 Å². The average Bonchev–Trinajstić information content (AvgIpc) is 2.66. The molecule has 0 aromatic heterocycles. The molecule has 0 radical (unpaired) electrons. The Hall–Kier alpha value is -1.86. The van der Waals surface area contributed by atoms with Gasteiger partial charge in [0, 0.05) is 23.5 Å². The van der Waals surface area contributed by atoms with Gasteiger partial charge in [0.1, 0.15) is 34.3 Å². The summed E-state index contributed by atoms with van der Waals surface area (Å²) in [7, 11) is 7.52. The molecule has 2 rings (SSSR count). The van der Waals surface area contributed by atoms with Crippen LogP contribution in [0.3, 0.4) is 0 Å². The van der Waals surface area contributed by atoms with E-state index in [9.17, 15) is 4.79 Å². The molecule has 26 heavy (non-hydrogen) atoms. The number of hydrogen-bond donors (Lipinski definition) is 0. The van der Waals surface area contributed by atoms with E-state index >= 15 is 0 Å². The zero-order valence-corrected chi connectivity index (χ0v) is 15.8. The van der Waals surface area contributed by atoms with Crippen LogP contribution in [0.15, 0.2) is 30.3 Å². The van der Waals surface area contributed by atoms with Crippen LogP contribution in [0.4, 0.5) is 0 Å². The third-order valence-corrected chi connectivity index (χ3v) is 4.76. The van der Waals surface area contributed by atoms with Crippen molar-refractivity contribution in [2.24, 2.45) is 0 Å². The Labute approximate surface area is 167 Å². The van der Waals surface area contributed by atoms with Crippen LogP contribution in [-0.4, -0.2) is 59.9 Å². The van der Waals surface area contributed by atoms with Crippen LogP contribution < -0.4 is 29.0 Å². The van der Waals surface area contributed by atoms with Crippen LogP contribution in [0.1, 0.15) is 10.4 Å². The number of hydrogen-bond acceptors (Lipinski definition) is 6. The van der Waals surface area contributed by atoms with Gasteiger partial charge in [-0.05, 0) is 20.7 Å². The maximum atomic E-state index is 12.9. The fraction of sp³-hybridized carbons (Fsp3) is 0.278. The van der Waals surface area contributed by atoms with E-state index in [2.05, 4.69) is 0 Å². The normalized spacial score (nSPS) is 10.2. The SMILES string of the molecule is COc1ccc(PC(=O)c2c(OC)cc(OC)cc2OC)c(OC)c1.[LiH]. The summed E-state index contributed by atoms with van der Waals surface area (Å²) in [5, 5.41) is 0.772. The van der Waals surface area contributed by atoms with E-state index < -0.39 is 0 Å². The number of carbonyl (C=O) groups excluding carboxylic acids is 1. The summed E-state index contributed by atoms with van der Waals surface area (Å²) in [6.45, 7) is 0. The van der Waals surface area contributed by atoms with E-state index in [4.69, 9.17) is 23.7 Å². The molecular weight excluding hydrogens is 350 g/mol. The summed E-state index contributed by atoms with van der Waals surface area (Å²) >= 11 is 0. The van der Waals surface area contributed by atoms with Crippen molar-refractivity contribution in [3.8, 4) is 28.7 Å². The molecule has 0 aliphatic rings. The molecule has 0 aliphatic heterocycles. The van der Waals surface area contributed by atoms with Crippen LogP contribution in [0.2, 0.25) is 0 Å². The summed E-state index contributed by atoms with van der Waals surface area (Å²) in [4.78, 5) is 12.9. The standard InChI is InChI=1S/C18H21O6P.Li.H/c1-20-11-6-7-16(13(8-11)22-3)25-18(19)17-14(23-4)9-12(21-2)10-15(17)24-5;;/h6-10,25H,1-5H3;;. The zero-order valence-electron chi connectivity index (χ0n) is 14.8. The Morgan fingerprint density at radius 2 is 1.23 bits per heavy atom. The minimum atomic E-state index is -0.165. The molecule has 0 saturated carbocycles. The Bertz CT molecular complexity index is 740. The fourth-order valence-electron chi connectivity index (χ4n) is 2.32. The summed E-state index contributed by atoms with van der Waals surface area (Å²) in [6, 6.07) is 8.67. The molecule has 0 N–H and O–H groups in total. The van der Waals surface area contributed by atoms with Crippen molar-refractivity contribution in [3.05, 3.63) is 35.9 Å². The fourth-order valence-corrected chi connectivity index (χ4v) is 3.40. The number of ether oxygens (including phenoxy) is 5. The molecule has 2 aromatic rings. The third kappa shape index (κ3) is 4.85. The topological polar surface area (TPSA) is 63.2 Å². The van der Waals surface area contributed by atoms with Gasteiger partial charge in [-0.25, -0.2) is 0 Å². The second-order valence-corrected chi connectivity index (χ2v) is 6.17. The van der Waals surface area contributed by atoms with Gasteiger partial charge in [-0.15, -0.1) is 0 Å². The van der Waals surface area contributed by atoms with Gasteiger partial charge in [-0.3, -0.25) is 4.79 Å². The van der Waals surface area contributed by atoms with Gasteiger partial charge in [0.25, 0.3) is 0 Å². The van der Waals surface area contributed by atoms with E-state index in [1.165, 1.54) is 14.2 Å². The summed E-state index contributed by atoms with van der Waals surface area (Å²) < 4.78 is 26.5. The van der Waals surface area contributed by atoms with E-state index in [1.54, 1.807) is 45.6 Å². The first-order chi connectivity index (χ1) is 12.1. The van der Waals surface area contributed by atoms with E-state index in [0.29, 0.717) is 34.3 Å². The van der Waals surface area contributed by atoms with Crippen molar-refractivity contribution in [2.45, 2.75) is 0 Å². The first-order valence-corrected chi connectivity index (χ1v) is 8.41. The second-order valence-electron chi connectivity index (χ2n) is 4.93. The average molecular weight is 372 g/mol.